The highest BCUT2D eigenvalue weighted by molar-refractivity contribution is 7.90. The summed E-state index contributed by atoms with van der Waals surface area (Å²) in [5, 5.41) is 8.18. The first-order chi connectivity index (χ1) is 5.17. The van der Waals surface area contributed by atoms with Gasteiger partial charge in [-0.05, 0) is 6.42 Å². The van der Waals surface area contributed by atoms with Gasteiger partial charge in [-0.2, -0.15) is 5.26 Å². The average Bonchev–Trinajstić information content (AvgIpc) is 1.96. The van der Waals surface area contributed by atoms with Crippen molar-refractivity contribution in [3.05, 3.63) is 0 Å². The number of nitrogens with zero attached hydrogens (tertiary/aromatic N) is 2. The van der Waals surface area contributed by atoms with Gasteiger partial charge in [-0.25, -0.2) is 12.7 Å². The third-order valence-corrected chi connectivity index (χ3v) is 3.54. The normalized spacial score (nSPS) is 22.1. The van der Waals surface area contributed by atoms with Crippen molar-refractivity contribution >= 4 is 10.0 Å². The number of sulfonamides is 1. The molecular weight excluding hydrogens is 164 g/mol. The molecule has 1 rings (SSSR count). The van der Waals surface area contributed by atoms with Crippen molar-refractivity contribution in [2.24, 2.45) is 0 Å². The molecule has 0 aliphatic carbocycles. The first-order valence-corrected chi connectivity index (χ1v) is 5.12. The summed E-state index contributed by atoms with van der Waals surface area (Å²) in [5.41, 5.74) is 0. The van der Waals surface area contributed by atoms with Crippen LogP contribution >= 0.6 is 0 Å². The van der Waals surface area contributed by atoms with Crippen LogP contribution in [-0.4, -0.2) is 31.6 Å². The van der Waals surface area contributed by atoms with Gasteiger partial charge in [0.25, 0.3) is 0 Å². The van der Waals surface area contributed by atoms with Crippen LogP contribution in [0.5, 0.6) is 0 Å². The molecular formula is C6H10N2O2S. The molecule has 0 radical (unpaired) electrons. The molecule has 1 heterocycles. The standard InChI is InChI=1S/C6H10N2O2S/c7-3-1-2-4-8-5-6-11(8,9)10/h1-2,4-6H2. The number of rotatable bonds is 3. The Morgan fingerprint density at radius 3 is 2.64 bits per heavy atom. The monoisotopic (exact) mass is 174 g/mol. The van der Waals surface area contributed by atoms with Crippen molar-refractivity contribution in [1.29, 1.82) is 5.26 Å². The summed E-state index contributed by atoms with van der Waals surface area (Å²) in [6, 6.07) is 1.98. The van der Waals surface area contributed by atoms with Crippen molar-refractivity contribution in [1.82, 2.24) is 4.31 Å². The van der Waals surface area contributed by atoms with E-state index in [4.69, 9.17) is 5.26 Å². The zero-order chi connectivity index (χ0) is 8.32. The molecule has 0 aromatic rings. The van der Waals surface area contributed by atoms with Gasteiger partial charge in [-0.3, -0.25) is 0 Å². The summed E-state index contributed by atoms with van der Waals surface area (Å²) in [4.78, 5) is 0. The molecule has 0 aromatic heterocycles. The molecule has 1 aliphatic heterocycles. The fourth-order valence-electron chi connectivity index (χ4n) is 0.955. The Morgan fingerprint density at radius 1 is 1.55 bits per heavy atom. The average molecular weight is 174 g/mol. The van der Waals surface area contributed by atoms with Crippen LogP contribution in [0, 0.1) is 11.3 Å². The maximum absolute atomic E-state index is 10.9. The fraction of sp³-hybridized carbons (Fsp3) is 0.833. The van der Waals surface area contributed by atoms with Crippen molar-refractivity contribution in [3.8, 4) is 6.07 Å². The molecule has 11 heavy (non-hydrogen) atoms. The molecule has 0 spiro atoms. The third-order valence-electron chi connectivity index (χ3n) is 1.69. The van der Waals surface area contributed by atoms with E-state index in [1.165, 1.54) is 4.31 Å². The van der Waals surface area contributed by atoms with Gasteiger partial charge in [0, 0.05) is 19.5 Å². The van der Waals surface area contributed by atoms with Crippen LogP contribution in [0.2, 0.25) is 0 Å². The Bertz CT molecular complexity index is 265. The Balaban J connectivity index is 2.25. The molecule has 0 N–H and O–H groups in total. The quantitative estimate of drug-likeness (QED) is 0.563. The van der Waals surface area contributed by atoms with Gasteiger partial charge in [0.1, 0.15) is 0 Å². The van der Waals surface area contributed by atoms with E-state index in [1.807, 2.05) is 6.07 Å². The second-order valence-electron chi connectivity index (χ2n) is 2.48. The van der Waals surface area contributed by atoms with Crippen LogP contribution in [0.1, 0.15) is 12.8 Å². The number of hydrogen-bond donors (Lipinski definition) is 0. The summed E-state index contributed by atoms with van der Waals surface area (Å²) < 4.78 is 23.1. The van der Waals surface area contributed by atoms with Crippen molar-refractivity contribution in [2.45, 2.75) is 12.8 Å². The van der Waals surface area contributed by atoms with E-state index in [0.717, 1.165) is 0 Å². The first-order valence-electron chi connectivity index (χ1n) is 3.51. The zero-order valence-corrected chi connectivity index (χ0v) is 6.97. The second-order valence-corrected chi connectivity index (χ2v) is 4.57. The molecule has 1 saturated heterocycles. The predicted molar refractivity (Wildman–Crippen MR) is 40.2 cm³/mol. The molecule has 0 bridgehead atoms. The topological polar surface area (TPSA) is 61.2 Å². The molecule has 0 atom stereocenters. The third kappa shape index (κ3) is 1.91. The highest BCUT2D eigenvalue weighted by Gasteiger charge is 2.31. The number of hydrogen-bond acceptors (Lipinski definition) is 3. The summed E-state index contributed by atoms with van der Waals surface area (Å²) in [6.45, 7) is 1.14. The maximum atomic E-state index is 10.9. The SMILES string of the molecule is N#CCCCN1CCS1(=O)=O. The smallest absolute Gasteiger partial charge is 0.212 e. The number of nitriles is 1. The van der Waals surface area contributed by atoms with Crippen LogP contribution in [-0.2, 0) is 10.0 Å². The van der Waals surface area contributed by atoms with Crippen molar-refractivity contribution in [3.63, 3.8) is 0 Å². The van der Waals surface area contributed by atoms with Gasteiger partial charge in [0.05, 0.1) is 11.8 Å². The predicted octanol–water partition coefficient (Wildman–Crippen LogP) is -0.0644. The molecule has 0 saturated carbocycles. The minimum Gasteiger partial charge on any atom is -0.212 e. The molecule has 1 aliphatic rings. The molecule has 0 amide bonds. The summed E-state index contributed by atoms with van der Waals surface area (Å²) in [7, 11) is -2.88. The second kappa shape index (κ2) is 3.20. The highest BCUT2D eigenvalue weighted by Crippen LogP contribution is 2.13. The van der Waals surface area contributed by atoms with Crippen molar-refractivity contribution in [2.75, 3.05) is 18.8 Å². The zero-order valence-electron chi connectivity index (χ0n) is 6.15. The van der Waals surface area contributed by atoms with Crippen LogP contribution < -0.4 is 0 Å². The minimum absolute atomic E-state index is 0.277. The van der Waals surface area contributed by atoms with E-state index in [1.54, 1.807) is 0 Å². The molecule has 0 aromatic carbocycles. The molecule has 0 unspecified atom stereocenters. The molecule has 5 heteroatoms. The molecule has 4 nitrogen and oxygen atoms in total. The molecule has 62 valence electrons. The Labute approximate surface area is 66.5 Å². The minimum atomic E-state index is -2.88. The maximum Gasteiger partial charge on any atom is 0.215 e. The summed E-state index contributed by atoms with van der Waals surface area (Å²) in [6.07, 6.45) is 1.09. The van der Waals surface area contributed by atoms with E-state index in [-0.39, 0.29) is 5.75 Å². The van der Waals surface area contributed by atoms with Crippen LogP contribution in [0.15, 0.2) is 0 Å². The fourth-order valence-corrected chi connectivity index (χ4v) is 2.10. The van der Waals surface area contributed by atoms with Crippen LogP contribution in [0.4, 0.5) is 0 Å². The van der Waals surface area contributed by atoms with Gasteiger partial charge in [-0.1, -0.05) is 0 Å². The number of unbranched alkanes of at least 4 members (excludes halogenated alkanes) is 1. The lowest BCUT2D eigenvalue weighted by atomic mass is 10.3. The van der Waals surface area contributed by atoms with E-state index in [9.17, 15) is 8.42 Å². The highest BCUT2D eigenvalue weighted by atomic mass is 32.2. The van der Waals surface area contributed by atoms with E-state index >= 15 is 0 Å². The van der Waals surface area contributed by atoms with Crippen LogP contribution in [0.25, 0.3) is 0 Å². The van der Waals surface area contributed by atoms with E-state index < -0.39 is 10.0 Å². The lowest BCUT2D eigenvalue weighted by Crippen LogP contribution is -2.47. The summed E-state index contributed by atoms with van der Waals surface area (Å²) >= 11 is 0. The van der Waals surface area contributed by atoms with Gasteiger partial charge in [-0.15, -0.1) is 0 Å². The largest absolute Gasteiger partial charge is 0.215 e. The van der Waals surface area contributed by atoms with E-state index in [0.29, 0.717) is 25.9 Å². The summed E-state index contributed by atoms with van der Waals surface area (Å²) in [5.74, 6) is 0.277. The first kappa shape index (κ1) is 8.50. The Morgan fingerprint density at radius 2 is 2.27 bits per heavy atom. The lowest BCUT2D eigenvalue weighted by Gasteiger charge is -2.29. The van der Waals surface area contributed by atoms with Crippen molar-refractivity contribution < 1.29 is 8.42 Å². The lowest BCUT2D eigenvalue weighted by molar-refractivity contribution is 0.380. The van der Waals surface area contributed by atoms with Gasteiger partial charge >= 0.3 is 0 Å². The van der Waals surface area contributed by atoms with Gasteiger partial charge < -0.3 is 0 Å². The van der Waals surface area contributed by atoms with E-state index in [2.05, 4.69) is 0 Å². The van der Waals surface area contributed by atoms with Gasteiger partial charge in [0.15, 0.2) is 0 Å². The Hall–Kier alpha value is -0.600. The Kier molecular flexibility index (Phi) is 2.47. The van der Waals surface area contributed by atoms with Crippen LogP contribution in [0.3, 0.4) is 0 Å². The van der Waals surface area contributed by atoms with Gasteiger partial charge in [0.2, 0.25) is 10.0 Å². The molecule has 1 fully saturated rings.